The number of rotatable bonds is 10. The number of hydrogen-bond acceptors (Lipinski definition) is 4. The minimum absolute atomic E-state index is 0.0970. The van der Waals surface area contributed by atoms with Crippen molar-refractivity contribution >= 4 is 50.7 Å². The number of nitrogens with one attached hydrogen (secondary N) is 1. The summed E-state index contributed by atoms with van der Waals surface area (Å²) in [6.45, 7) is 3.44. The lowest BCUT2D eigenvalue weighted by atomic mass is 10.1. The van der Waals surface area contributed by atoms with Crippen LogP contribution < -0.4 is 9.62 Å². The van der Waals surface area contributed by atoms with Gasteiger partial charge in [0.1, 0.15) is 12.6 Å². The number of aryl methyl sites for hydroxylation is 1. The number of benzene rings is 2. The van der Waals surface area contributed by atoms with E-state index in [2.05, 4.69) is 5.32 Å². The molecule has 2 aromatic rings. The summed E-state index contributed by atoms with van der Waals surface area (Å²) >= 11 is 12.4. The highest BCUT2D eigenvalue weighted by Gasteiger charge is 2.33. The van der Waals surface area contributed by atoms with Gasteiger partial charge in [-0.1, -0.05) is 67.2 Å². The first kappa shape index (κ1) is 28.3. The molecular formula is C26H33Cl2N3O4S. The molecule has 1 aliphatic carbocycles. The molecule has 0 spiro atoms. The Labute approximate surface area is 223 Å². The van der Waals surface area contributed by atoms with Gasteiger partial charge in [-0.15, -0.1) is 0 Å². The largest absolute Gasteiger partial charge is 0.352 e. The first-order valence-electron chi connectivity index (χ1n) is 12.1. The van der Waals surface area contributed by atoms with Crippen molar-refractivity contribution in [2.75, 3.05) is 17.1 Å². The Hall–Kier alpha value is -2.29. The molecule has 0 unspecified atom stereocenters. The predicted molar refractivity (Wildman–Crippen MR) is 145 cm³/mol. The molecule has 0 aromatic heterocycles. The third-order valence-electron chi connectivity index (χ3n) is 6.55. The molecule has 3 rings (SSSR count). The molecule has 36 heavy (non-hydrogen) atoms. The highest BCUT2D eigenvalue weighted by atomic mass is 35.5. The van der Waals surface area contributed by atoms with Crippen LogP contribution in [0.4, 0.5) is 5.69 Å². The first-order valence-corrected chi connectivity index (χ1v) is 14.7. The fourth-order valence-corrected chi connectivity index (χ4v) is 5.82. The summed E-state index contributed by atoms with van der Waals surface area (Å²) in [4.78, 5) is 28.6. The third kappa shape index (κ3) is 7.14. The van der Waals surface area contributed by atoms with E-state index in [1.807, 2.05) is 38.1 Å². The number of anilines is 1. The summed E-state index contributed by atoms with van der Waals surface area (Å²) in [5.74, 6) is -0.730. The molecule has 2 aromatic carbocycles. The van der Waals surface area contributed by atoms with Crippen LogP contribution in [0.25, 0.3) is 0 Å². The molecule has 0 bridgehead atoms. The summed E-state index contributed by atoms with van der Waals surface area (Å²) in [5, 5.41) is 3.53. The van der Waals surface area contributed by atoms with Crippen molar-refractivity contribution in [3.05, 3.63) is 63.6 Å². The Morgan fingerprint density at radius 3 is 2.39 bits per heavy atom. The Morgan fingerprint density at radius 1 is 1.11 bits per heavy atom. The zero-order chi connectivity index (χ0) is 26.5. The van der Waals surface area contributed by atoms with Crippen LogP contribution in [0.5, 0.6) is 0 Å². The number of carbonyl (C=O) groups excluding carboxylic acids is 2. The molecule has 1 saturated carbocycles. The molecule has 0 heterocycles. The van der Waals surface area contributed by atoms with Crippen LogP contribution >= 0.6 is 23.2 Å². The van der Waals surface area contributed by atoms with Crippen molar-refractivity contribution in [2.24, 2.45) is 0 Å². The van der Waals surface area contributed by atoms with Crippen LogP contribution in [0.15, 0.2) is 42.5 Å². The van der Waals surface area contributed by atoms with Gasteiger partial charge in [-0.2, -0.15) is 0 Å². The zero-order valence-electron chi connectivity index (χ0n) is 20.8. The molecule has 10 heteroatoms. The second-order valence-corrected chi connectivity index (χ2v) is 12.0. The topological polar surface area (TPSA) is 86.8 Å². The van der Waals surface area contributed by atoms with E-state index < -0.39 is 28.5 Å². The number of halogens is 2. The second kappa shape index (κ2) is 12.3. The molecule has 0 aliphatic heterocycles. The van der Waals surface area contributed by atoms with Crippen LogP contribution in [0, 0.1) is 6.92 Å². The minimum atomic E-state index is -3.90. The van der Waals surface area contributed by atoms with Gasteiger partial charge in [0.2, 0.25) is 21.8 Å². The number of hydrogen-bond donors (Lipinski definition) is 1. The number of amides is 2. The van der Waals surface area contributed by atoms with Crippen molar-refractivity contribution in [3.63, 3.8) is 0 Å². The van der Waals surface area contributed by atoms with Gasteiger partial charge >= 0.3 is 0 Å². The van der Waals surface area contributed by atoms with E-state index in [1.54, 1.807) is 6.07 Å². The van der Waals surface area contributed by atoms with Crippen molar-refractivity contribution in [1.82, 2.24) is 10.2 Å². The highest BCUT2D eigenvalue weighted by molar-refractivity contribution is 7.92. The van der Waals surface area contributed by atoms with Gasteiger partial charge in [-0.25, -0.2) is 8.42 Å². The Balaban J connectivity index is 1.96. The van der Waals surface area contributed by atoms with E-state index in [1.165, 1.54) is 17.0 Å². The van der Waals surface area contributed by atoms with Crippen LogP contribution in [0.1, 0.15) is 50.2 Å². The fraction of sp³-hybridized carbons (Fsp3) is 0.462. The van der Waals surface area contributed by atoms with Gasteiger partial charge in [-0.05, 0) is 55.5 Å². The molecule has 1 atom stereocenters. The number of sulfonamides is 1. The molecule has 7 nitrogen and oxygen atoms in total. The summed E-state index contributed by atoms with van der Waals surface area (Å²) in [5.41, 5.74) is 1.96. The maximum atomic E-state index is 13.8. The predicted octanol–water partition coefficient (Wildman–Crippen LogP) is 4.93. The Bertz CT molecular complexity index is 1200. The van der Waals surface area contributed by atoms with E-state index >= 15 is 0 Å². The van der Waals surface area contributed by atoms with E-state index in [-0.39, 0.29) is 34.2 Å². The van der Waals surface area contributed by atoms with E-state index in [9.17, 15) is 18.0 Å². The third-order valence-corrected chi connectivity index (χ3v) is 8.23. The minimum Gasteiger partial charge on any atom is -0.352 e. The zero-order valence-corrected chi connectivity index (χ0v) is 23.2. The lowest BCUT2D eigenvalue weighted by Crippen LogP contribution is -2.53. The van der Waals surface area contributed by atoms with Crippen LogP contribution in [-0.4, -0.2) is 50.0 Å². The van der Waals surface area contributed by atoms with Crippen molar-refractivity contribution < 1.29 is 18.0 Å². The number of nitrogens with zero attached hydrogens (tertiary/aromatic N) is 2. The van der Waals surface area contributed by atoms with E-state index in [0.717, 1.165) is 47.4 Å². The van der Waals surface area contributed by atoms with Crippen LogP contribution in [0.2, 0.25) is 10.0 Å². The molecule has 2 amide bonds. The summed E-state index contributed by atoms with van der Waals surface area (Å²) in [7, 11) is -3.90. The molecular weight excluding hydrogens is 521 g/mol. The van der Waals surface area contributed by atoms with Gasteiger partial charge in [0.05, 0.1) is 17.0 Å². The SMILES string of the molecule is CC[C@H](C(=O)NC1CCCC1)N(Cc1ccccc1C)C(=O)CN(c1cc(Cl)ccc1Cl)S(C)(=O)=O. The van der Waals surface area contributed by atoms with Gasteiger partial charge in [0.25, 0.3) is 0 Å². The number of carbonyl (C=O) groups is 2. The van der Waals surface area contributed by atoms with Gasteiger partial charge in [-0.3, -0.25) is 13.9 Å². The summed E-state index contributed by atoms with van der Waals surface area (Å²) in [6, 6.07) is 11.4. The lowest BCUT2D eigenvalue weighted by molar-refractivity contribution is -0.140. The molecule has 196 valence electrons. The van der Waals surface area contributed by atoms with Crippen LogP contribution in [-0.2, 0) is 26.2 Å². The first-order chi connectivity index (χ1) is 17.0. The Kier molecular flexibility index (Phi) is 9.66. The quantitative estimate of drug-likeness (QED) is 0.451. The van der Waals surface area contributed by atoms with Gasteiger partial charge in [0, 0.05) is 17.6 Å². The Morgan fingerprint density at radius 2 is 1.78 bits per heavy atom. The van der Waals surface area contributed by atoms with E-state index in [0.29, 0.717) is 6.42 Å². The van der Waals surface area contributed by atoms with E-state index in [4.69, 9.17) is 23.2 Å². The lowest BCUT2D eigenvalue weighted by Gasteiger charge is -2.34. The van der Waals surface area contributed by atoms with Gasteiger partial charge in [0.15, 0.2) is 0 Å². The van der Waals surface area contributed by atoms with Crippen molar-refractivity contribution in [3.8, 4) is 0 Å². The molecule has 1 aliphatic rings. The second-order valence-electron chi connectivity index (χ2n) is 9.23. The molecule has 1 N–H and O–H groups in total. The normalized spacial score (nSPS) is 14.9. The standard InChI is InChI=1S/C26H33Cl2N3O4S/c1-4-23(26(33)29-21-11-7-8-12-21)30(16-19-10-6-5-9-18(19)2)25(32)17-31(36(3,34)35)24-15-20(27)13-14-22(24)28/h5-6,9-10,13-15,21,23H,4,7-8,11-12,16-17H2,1-3H3,(H,29,33)/t23-/m1/s1. The van der Waals surface area contributed by atoms with Crippen molar-refractivity contribution in [1.29, 1.82) is 0 Å². The smallest absolute Gasteiger partial charge is 0.244 e. The maximum Gasteiger partial charge on any atom is 0.244 e. The monoisotopic (exact) mass is 553 g/mol. The molecule has 0 radical (unpaired) electrons. The average Bonchev–Trinajstić information content (AvgIpc) is 3.32. The van der Waals surface area contributed by atoms with Crippen LogP contribution in [0.3, 0.4) is 0 Å². The molecule has 1 fully saturated rings. The molecule has 0 saturated heterocycles. The summed E-state index contributed by atoms with van der Waals surface area (Å²) < 4.78 is 26.4. The summed E-state index contributed by atoms with van der Waals surface area (Å²) in [6.07, 6.45) is 5.36. The van der Waals surface area contributed by atoms with Gasteiger partial charge < -0.3 is 10.2 Å². The fourth-order valence-electron chi connectivity index (χ4n) is 4.53. The maximum absolute atomic E-state index is 13.8. The average molecular weight is 555 g/mol. The highest BCUT2D eigenvalue weighted by Crippen LogP contribution is 2.31. The van der Waals surface area contributed by atoms with Crippen molar-refractivity contribution in [2.45, 2.75) is 64.6 Å².